The van der Waals surface area contributed by atoms with Crippen LogP contribution in [0.2, 0.25) is 0 Å². The number of para-hydroxylation sites is 2. The van der Waals surface area contributed by atoms with E-state index in [4.69, 9.17) is 5.73 Å². The lowest BCUT2D eigenvalue weighted by molar-refractivity contribution is 0.815. The molecule has 1 fully saturated rings. The number of aromatic nitrogens is 5. The van der Waals surface area contributed by atoms with Crippen molar-refractivity contribution in [2.24, 2.45) is 0 Å². The highest BCUT2D eigenvalue weighted by molar-refractivity contribution is 5.76. The van der Waals surface area contributed by atoms with Gasteiger partial charge in [-0.1, -0.05) is 12.1 Å². The van der Waals surface area contributed by atoms with E-state index in [2.05, 4.69) is 25.0 Å². The van der Waals surface area contributed by atoms with E-state index in [9.17, 15) is 0 Å². The first-order chi connectivity index (χ1) is 9.81. The van der Waals surface area contributed by atoms with Crippen LogP contribution >= 0.6 is 0 Å². The standard InChI is InChI=1S/C13H15N7/c14-11-17-13(19-7-3-4-8-19)18-20(11)12-15-9-5-1-2-6-10(9)16-12/h1-2,5-6H,3-4,7-8H2,(H,15,16)(H2,14,17,18). The van der Waals surface area contributed by atoms with Gasteiger partial charge in [-0.05, 0) is 25.0 Å². The second-order valence-corrected chi connectivity index (χ2v) is 4.95. The first-order valence-electron chi connectivity index (χ1n) is 6.74. The normalized spacial score (nSPS) is 15.3. The summed E-state index contributed by atoms with van der Waals surface area (Å²) in [5.74, 6) is 1.63. The van der Waals surface area contributed by atoms with Crippen molar-refractivity contribution in [1.82, 2.24) is 24.7 Å². The van der Waals surface area contributed by atoms with E-state index >= 15 is 0 Å². The Morgan fingerprint density at radius 2 is 1.90 bits per heavy atom. The molecule has 4 rings (SSSR count). The van der Waals surface area contributed by atoms with Crippen LogP contribution in [-0.4, -0.2) is 37.8 Å². The Kier molecular flexibility index (Phi) is 2.38. The summed E-state index contributed by atoms with van der Waals surface area (Å²) in [5.41, 5.74) is 7.81. The van der Waals surface area contributed by atoms with Crippen molar-refractivity contribution in [2.75, 3.05) is 23.7 Å². The molecule has 2 aromatic heterocycles. The average Bonchev–Trinajstić information content (AvgIpc) is 3.16. The number of rotatable bonds is 2. The Bertz CT molecular complexity index is 718. The Morgan fingerprint density at radius 1 is 1.10 bits per heavy atom. The predicted octanol–water partition coefficient (Wildman–Crippen LogP) is 1.33. The van der Waals surface area contributed by atoms with Gasteiger partial charge in [-0.15, -0.1) is 5.10 Å². The summed E-state index contributed by atoms with van der Waals surface area (Å²) >= 11 is 0. The molecule has 1 aliphatic rings. The summed E-state index contributed by atoms with van der Waals surface area (Å²) in [5, 5.41) is 4.47. The van der Waals surface area contributed by atoms with Gasteiger partial charge >= 0.3 is 0 Å². The van der Waals surface area contributed by atoms with Crippen molar-refractivity contribution in [3.05, 3.63) is 24.3 Å². The van der Waals surface area contributed by atoms with Crippen LogP contribution in [0.15, 0.2) is 24.3 Å². The predicted molar refractivity (Wildman–Crippen MR) is 76.9 cm³/mol. The summed E-state index contributed by atoms with van der Waals surface area (Å²) in [6, 6.07) is 7.84. The monoisotopic (exact) mass is 269 g/mol. The number of benzene rings is 1. The topological polar surface area (TPSA) is 88.7 Å². The zero-order valence-electron chi connectivity index (χ0n) is 11.0. The molecule has 102 valence electrons. The number of aromatic amines is 1. The lowest BCUT2D eigenvalue weighted by atomic mass is 10.3. The molecule has 0 spiro atoms. The van der Waals surface area contributed by atoms with E-state index in [1.54, 1.807) is 4.68 Å². The van der Waals surface area contributed by atoms with Crippen molar-refractivity contribution >= 4 is 22.9 Å². The number of hydrogen-bond acceptors (Lipinski definition) is 5. The number of imidazole rings is 1. The van der Waals surface area contributed by atoms with E-state index in [0.717, 1.165) is 24.1 Å². The second kappa shape index (κ2) is 4.22. The van der Waals surface area contributed by atoms with Gasteiger partial charge in [0.25, 0.3) is 0 Å². The fraction of sp³-hybridized carbons (Fsp3) is 0.308. The zero-order chi connectivity index (χ0) is 13.5. The minimum atomic E-state index is 0.353. The molecule has 0 amide bonds. The molecule has 1 aliphatic heterocycles. The third-order valence-electron chi connectivity index (χ3n) is 3.59. The summed E-state index contributed by atoms with van der Waals surface area (Å²) in [7, 11) is 0. The molecule has 20 heavy (non-hydrogen) atoms. The van der Waals surface area contributed by atoms with Gasteiger partial charge in [-0.2, -0.15) is 9.67 Å². The Morgan fingerprint density at radius 3 is 2.70 bits per heavy atom. The molecule has 0 atom stereocenters. The average molecular weight is 269 g/mol. The van der Waals surface area contributed by atoms with Gasteiger partial charge in [0.15, 0.2) is 0 Å². The summed E-state index contributed by atoms with van der Waals surface area (Å²) < 4.78 is 1.56. The second-order valence-electron chi connectivity index (χ2n) is 4.95. The van der Waals surface area contributed by atoms with Crippen LogP contribution in [0.3, 0.4) is 0 Å². The van der Waals surface area contributed by atoms with Crippen LogP contribution in [0.4, 0.5) is 11.9 Å². The molecular weight excluding hydrogens is 254 g/mol. The number of nitrogens with zero attached hydrogens (tertiary/aromatic N) is 5. The zero-order valence-corrected chi connectivity index (χ0v) is 11.0. The van der Waals surface area contributed by atoms with Gasteiger partial charge < -0.3 is 15.6 Å². The number of anilines is 2. The number of nitrogen functional groups attached to an aromatic ring is 1. The molecule has 7 heteroatoms. The van der Waals surface area contributed by atoms with Crippen LogP contribution in [-0.2, 0) is 0 Å². The van der Waals surface area contributed by atoms with Crippen molar-refractivity contribution in [3.63, 3.8) is 0 Å². The molecule has 3 aromatic rings. The van der Waals surface area contributed by atoms with Crippen LogP contribution in [0.25, 0.3) is 17.0 Å². The number of nitrogens with two attached hydrogens (primary N) is 1. The van der Waals surface area contributed by atoms with Crippen LogP contribution in [0.5, 0.6) is 0 Å². The van der Waals surface area contributed by atoms with Gasteiger partial charge in [-0.25, -0.2) is 4.98 Å². The Balaban J connectivity index is 1.77. The van der Waals surface area contributed by atoms with Crippen molar-refractivity contribution < 1.29 is 0 Å². The number of nitrogens with one attached hydrogen (secondary N) is 1. The van der Waals surface area contributed by atoms with Crippen molar-refractivity contribution in [1.29, 1.82) is 0 Å². The largest absolute Gasteiger partial charge is 0.368 e. The maximum Gasteiger partial charge on any atom is 0.247 e. The molecule has 3 N–H and O–H groups in total. The molecule has 0 saturated carbocycles. The highest BCUT2D eigenvalue weighted by Crippen LogP contribution is 2.20. The quantitative estimate of drug-likeness (QED) is 0.732. The van der Waals surface area contributed by atoms with Gasteiger partial charge in [0, 0.05) is 13.1 Å². The number of H-pyrrole nitrogens is 1. The third-order valence-corrected chi connectivity index (χ3v) is 3.59. The van der Waals surface area contributed by atoms with Crippen LogP contribution < -0.4 is 10.6 Å². The van der Waals surface area contributed by atoms with Crippen LogP contribution in [0, 0.1) is 0 Å². The Hall–Kier alpha value is -2.57. The fourth-order valence-electron chi connectivity index (χ4n) is 2.56. The number of fused-ring (bicyclic) bond motifs is 1. The molecule has 0 unspecified atom stereocenters. The summed E-state index contributed by atoms with van der Waals surface area (Å²) in [6.45, 7) is 1.98. The first kappa shape index (κ1) is 11.3. The minimum absolute atomic E-state index is 0.353. The van der Waals surface area contributed by atoms with Crippen LogP contribution in [0.1, 0.15) is 12.8 Å². The molecule has 3 heterocycles. The molecule has 7 nitrogen and oxygen atoms in total. The van der Waals surface area contributed by atoms with E-state index in [1.165, 1.54) is 12.8 Å². The highest BCUT2D eigenvalue weighted by atomic mass is 15.5. The molecule has 1 saturated heterocycles. The van der Waals surface area contributed by atoms with Crippen molar-refractivity contribution in [3.8, 4) is 5.95 Å². The third kappa shape index (κ3) is 1.70. The van der Waals surface area contributed by atoms with Gasteiger partial charge in [-0.3, -0.25) is 0 Å². The molecular formula is C13H15N7. The van der Waals surface area contributed by atoms with Gasteiger partial charge in [0.1, 0.15) is 0 Å². The van der Waals surface area contributed by atoms with Gasteiger partial charge in [0.05, 0.1) is 11.0 Å². The van der Waals surface area contributed by atoms with E-state index in [0.29, 0.717) is 17.8 Å². The SMILES string of the molecule is Nc1nc(N2CCCC2)nn1-c1nc2ccccc2[nH]1. The molecule has 0 aliphatic carbocycles. The molecule has 0 bridgehead atoms. The maximum atomic E-state index is 5.97. The first-order valence-corrected chi connectivity index (χ1v) is 6.74. The van der Waals surface area contributed by atoms with Gasteiger partial charge in [0.2, 0.25) is 17.8 Å². The maximum absolute atomic E-state index is 5.97. The van der Waals surface area contributed by atoms with E-state index in [-0.39, 0.29) is 0 Å². The minimum Gasteiger partial charge on any atom is -0.368 e. The Labute approximate surface area is 115 Å². The van der Waals surface area contributed by atoms with E-state index < -0.39 is 0 Å². The molecule has 0 radical (unpaired) electrons. The summed E-state index contributed by atoms with van der Waals surface area (Å²) in [6.07, 6.45) is 2.36. The smallest absolute Gasteiger partial charge is 0.247 e. The highest BCUT2D eigenvalue weighted by Gasteiger charge is 2.19. The van der Waals surface area contributed by atoms with Crippen molar-refractivity contribution in [2.45, 2.75) is 12.8 Å². The fourth-order valence-corrected chi connectivity index (χ4v) is 2.56. The van der Waals surface area contributed by atoms with E-state index in [1.807, 2.05) is 24.3 Å². The number of hydrogen-bond donors (Lipinski definition) is 2. The lowest BCUT2D eigenvalue weighted by Crippen LogP contribution is -2.19. The lowest BCUT2D eigenvalue weighted by Gasteiger charge is -2.10. The summed E-state index contributed by atoms with van der Waals surface area (Å²) in [4.78, 5) is 14.2. The molecule has 1 aromatic carbocycles.